The van der Waals surface area contributed by atoms with Crippen molar-refractivity contribution in [2.45, 2.75) is 0 Å². The van der Waals surface area contributed by atoms with E-state index in [-0.39, 0.29) is 5.56 Å². The molecule has 1 N–H and O–H groups in total. The Balaban J connectivity index is 3.06. The summed E-state index contributed by atoms with van der Waals surface area (Å²) in [6.45, 7) is 0. The van der Waals surface area contributed by atoms with E-state index in [1.54, 1.807) is 5.38 Å². The second-order valence-electron chi connectivity index (χ2n) is 2.10. The maximum atomic E-state index is 11.1. The van der Waals surface area contributed by atoms with Crippen molar-refractivity contribution in [1.82, 2.24) is 9.97 Å². The van der Waals surface area contributed by atoms with Gasteiger partial charge in [-0.15, -0.1) is 11.3 Å². The number of hydrogen-bond donors (Lipinski definition) is 1. The van der Waals surface area contributed by atoms with Crippen LogP contribution in [0.25, 0.3) is 10.2 Å². The number of nitrogens with zero attached hydrogens (tertiary/aromatic N) is 1. The molecule has 3 nitrogen and oxygen atoms in total. The predicted octanol–water partition coefficient (Wildman–Crippen LogP) is -0.222. The number of aromatic amines is 1. The quantitative estimate of drug-likeness (QED) is 0.544. The van der Waals surface area contributed by atoms with Gasteiger partial charge in [0, 0.05) is 0 Å². The number of aromatic nitrogens is 2. The summed E-state index contributed by atoms with van der Waals surface area (Å²) in [4.78, 5) is 17.5. The molecule has 5 heteroatoms. The van der Waals surface area contributed by atoms with Crippen LogP contribution in [0.15, 0.2) is 16.5 Å². The second-order valence-corrected chi connectivity index (χ2v) is 2.98. The SMILES string of the molecule is [B]c1csc2c(=O)[nH]cnc12. The van der Waals surface area contributed by atoms with E-state index in [4.69, 9.17) is 7.85 Å². The van der Waals surface area contributed by atoms with Gasteiger partial charge in [-0.25, -0.2) is 4.98 Å². The normalized spacial score (nSPS) is 10.5. The Hall–Kier alpha value is -1.10. The van der Waals surface area contributed by atoms with Crippen molar-refractivity contribution in [2.24, 2.45) is 0 Å². The van der Waals surface area contributed by atoms with Crippen LogP contribution in [0, 0.1) is 0 Å². The molecule has 2 aromatic rings. The average Bonchev–Trinajstić information content (AvgIpc) is 2.35. The number of hydrogen-bond acceptors (Lipinski definition) is 3. The molecule has 2 rings (SSSR count). The molecule has 0 unspecified atom stereocenters. The Bertz CT molecular complexity index is 447. The van der Waals surface area contributed by atoms with Gasteiger partial charge in [0.25, 0.3) is 5.56 Å². The molecule has 0 saturated carbocycles. The fourth-order valence-electron chi connectivity index (χ4n) is 0.880. The number of H-pyrrole nitrogens is 1. The van der Waals surface area contributed by atoms with Gasteiger partial charge in [0.2, 0.25) is 0 Å². The lowest BCUT2D eigenvalue weighted by molar-refractivity contribution is 1.18. The van der Waals surface area contributed by atoms with Crippen molar-refractivity contribution in [2.75, 3.05) is 0 Å². The van der Waals surface area contributed by atoms with Gasteiger partial charge in [0.15, 0.2) is 0 Å². The number of nitrogens with one attached hydrogen (secondary N) is 1. The summed E-state index contributed by atoms with van der Waals surface area (Å²) in [5.41, 5.74) is 1.03. The van der Waals surface area contributed by atoms with Crippen LogP contribution < -0.4 is 11.0 Å². The Labute approximate surface area is 67.5 Å². The largest absolute Gasteiger partial charge is 0.312 e. The fraction of sp³-hybridized carbons (Fsp3) is 0. The molecule has 0 fully saturated rings. The molecule has 0 aliphatic heterocycles. The summed E-state index contributed by atoms with van der Waals surface area (Å²) in [5, 5.41) is 1.72. The van der Waals surface area contributed by atoms with Gasteiger partial charge in [-0.1, -0.05) is 5.46 Å². The van der Waals surface area contributed by atoms with Crippen molar-refractivity contribution >= 4 is 34.9 Å². The highest BCUT2D eigenvalue weighted by atomic mass is 32.1. The number of thiophene rings is 1. The van der Waals surface area contributed by atoms with Crippen LogP contribution in [0.5, 0.6) is 0 Å². The number of rotatable bonds is 0. The lowest BCUT2D eigenvalue weighted by Crippen LogP contribution is -2.07. The Kier molecular flexibility index (Phi) is 1.32. The Morgan fingerprint density at radius 3 is 3.18 bits per heavy atom. The predicted molar refractivity (Wildman–Crippen MR) is 45.6 cm³/mol. The Morgan fingerprint density at radius 2 is 2.45 bits per heavy atom. The van der Waals surface area contributed by atoms with Crippen LogP contribution in [0.1, 0.15) is 0 Å². The van der Waals surface area contributed by atoms with E-state index in [1.807, 2.05) is 0 Å². The fourth-order valence-corrected chi connectivity index (χ4v) is 1.68. The van der Waals surface area contributed by atoms with E-state index >= 15 is 0 Å². The monoisotopic (exact) mass is 162 g/mol. The highest BCUT2D eigenvalue weighted by Crippen LogP contribution is 2.08. The van der Waals surface area contributed by atoms with Gasteiger partial charge in [-0.05, 0) is 5.38 Å². The zero-order valence-corrected chi connectivity index (χ0v) is 6.31. The first-order chi connectivity index (χ1) is 5.29. The van der Waals surface area contributed by atoms with Gasteiger partial charge in [-0.2, -0.15) is 0 Å². The lowest BCUT2D eigenvalue weighted by Gasteiger charge is -1.86. The molecule has 0 aliphatic carbocycles. The van der Waals surface area contributed by atoms with Crippen LogP contribution in [0.2, 0.25) is 0 Å². The van der Waals surface area contributed by atoms with Gasteiger partial charge < -0.3 is 4.98 Å². The molecule has 0 spiro atoms. The molecule has 11 heavy (non-hydrogen) atoms. The zero-order chi connectivity index (χ0) is 7.84. The standard InChI is InChI=1S/C6H3BN2OS/c7-3-1-11-5-4(3)8-2-9-6(5)10/h1-2H,(H,8,9,10). The van der Waals surface area contributed by atoms with E-state index in [0.717, 1.165) is 0 Å². The van der Waals surface area contributed by atoms with Crippen molar-refractivity contribution < 1.29 is 0 Å². The van der Waals surface area contributed by atoms with Crippen molar-refractivity contribution in [3.8, 4) is 0 Å². The molecule has 0 aromatic carbocycles. The van der Waals surface area contributed by atoms with E-state index in [2.05, 4.69) is 9.97 Å². The van der Waals surface area contributed by atoms with Crippen molar-refractivity contribution in [1.29, 1.82) is 0 Å². The number of fused-ring (bicyclic) bond motifs is 1. The van der Waals surface area contributed by atoms with Gasteiger partial charge in [-0.3, -0.25) is 4.79 Å². The third kappa shape index (κ3) is 0.885. The lowest BCUT2D eigenvalue weighted by atomic mass is 9.99. The van der Waals surface area contributed by atoms with Crippen LogP contribution in [0.4, 0.5) is 0 Å². The van der Waals surface area contributed by atoms with Crippen LogP contribution in [-0.4, -0.2) is 17.8 Å². The van der Waals surface area contributed by atoms with E-state index in [1.165, 1.54) is 17.7 Å². The molecule has 0 aliphatic rings. The maximum absolute atomic E-state index is 11.1. The molecule has 0 atom stereocenters. The van der Waals surface area contributed by atoms with Crippen LogP contribution in [-0.2, 0) is 0 Å². The van der Waals surface area contributed by atoms with Gasteiger partial charge in [0.1, 0.15) is 12.5 Å². The molecular formula is C6H3BN2OS. The topological polar surface area (TPSA) is 45.8 Å². The third-order valence-corrected chi connectivity index (χ3v) is 2.37. The molecule has 2 radical (unpaired) electrons. The highest BCUT2D eigenvalue weighted by Gasteiger charge is 2.02. The first-order valence-electron chi connectivity index (χ1n) is 2.99. The minimum atomic E-state index is -0.128. The minimum absolute atomic E-state index is 0.128. The smallest absolute Gasteiger partial charge is 0.268 e. The van der Waals surface area contributed by atoms with E-state index in [0.29, 0.717) is 15.7 Å². The van der Waals surface area contributed by atoms with E-state index in [9.17, 15) is 4.79 Å². The summed E-state index contributed by atoms with van der Waals surface area (Å²) in [6, 6.07) is 0. The molecule has 52 valence electrons. The molecule has 2 heterocycles. The Morgan fingerprint density at radius 1 is 1.64 bits per heavy atom. The van der Waals surface area contributed by atoms with Gasteiger partial charge in [0.05, 0.1) is 11.8 Å². The van der Waals surface area contributed by atoms with Gasteiger partial charge >= 0.3 is 0 Å². The van der Waals surface area contributed by atoms with Crippen molar-refractivity contribution in [3.05, 3.63) is 22.1 Å². The molecule has 0 saturated heterocycles. The summed E-state index contributed by atoms with van der Waals surface area (Å²) >= 11 is 1.31. The summed E-state index contributed by atoms with van der Waals surface area (Å²) < 4.78 is 0.588. The third-order valence-electron chi connectivity index (χ3n) is 1.39. The summed E-state index contributed by atoms with van der Waals surface area (Å²) in [6.07, 6.45) is 1.35. The highest BCUT2D eigenvalue weighted by molar-refractivity contribution is 7.18. The molecule has 2 aromatic heterocycles. The zero-order valence-electron chi connectivity index (χ0n) is 5.50. The maximum Gasteiger partial charge on any atom is 0.268 e. The average molecular weight is 162 g/mol. The summed E-state index contributed by atoms with van der Waals surface area (Å²) in [5.74, 6) is 0. The van der Waals surface area contributed by atoms with Crippen LogP contribution >= 0.6 is 11.3 Å². The first-order valence-corrected chi connectivity index (χ1v) is 3.87. The first kappa shape index (κ1) is 6.60. The van der Waals surface area contributed by atoms with Crippen molar-refractivity contribution in [3.63, 3.8) is 0 Å². The van der Waals surface area contributed by atoms with Crippen LogP contribution in [0.3, 0.4) is 0 Å². The minimum Gasteiger partial charge on any atom is -0.312 e. The molecule has 0 bridgehead atoms. The summed E-state index contributed by atoms with van der Waals surface area (Å²) in [7, 11) is 5.54. The molecule has 0 amide bonds. The van der Waals surface area contributed by atoms with E-state index < -0.39 is 0 Å². The second kappa shape index (κ2) is 2.20. The molecular weight excluding hydrogens is 159 g/mol.